The van der Waals surface area contributed by atoms with Gasteiger partial charge in [-0.2, -0.15) is 0 Å². The lowest BCUT2D eigenvalue weighted by atomic mass is 10.2. The molecule has 0 spiro atoms. The molecule has 0 aliphatic heterocycles. The fraction of sp³-hybridized carbons (Fsp3) is 0.808. The Morgan fingerprint density at radius 1 is 0.475 bits per heavy atom. The van der Waals surface area contributed by atoms with E-state index < -0.39 is 17.7 Å². The van der Waals surface area contributed by atoms with Gasteiger partial charge in [-0.3, -0.25) is 9.59 Å². The van der Waals surface area contributed by atoms with Gasteiger partial charge in [0.2, 0.25) is 5.78 Å². The first-order valence-electron chi connectivity index (χ1n) is 13.1. The first kappa shape index (κ1) is 37.8. The number of carbonyl (C=O) groups is 3. The second-order valence-corrected chi connectivity index (χ2v) is 7.60. The van der Waals surface area contributed by atoms with E-state index in [4.69, 9.17) is 58.9 Å². The molecule has 0 bridgehead atoms. The van der Waals surface area contributed by atoms with Crippen LogP contribution in [0.15, 0.2) is 0 Å². The minimum absolute atomic E-state index is 0.0151. The second kappa shape index (κ2) is 31.3. The number of carbonyl (C=O) groups excluding carboxylic acids is 2. The number of hydrogen-bond acceptors (Lipinski definition) is 13. The molecule has 0 aromatic heterocycles. The lowest BCUT2D eigenvalue weighted by molar-refractivity contribution is -0.151. The van der Waals surface area contributed by atoms with Crippen molar-refractivity contribution >= 4 is 17.7 Å². The Balaban J connectivity index is 3.13. The van der Waals surface area contributed by atoms with Crippen molar-refractivity contribution in [2.24, 2.45) is 0 Å². The smallest absolute Gasteiger partial charge is 0.372 e. The number of aliphatic carboxylic acids is 1. The van der Waals surface area contributed by atoms with Crippen LogP contribution in [0.2, 0.25) is 0 Å². The van der Waals surface area contributed by atoms with Crippen molar-refractivity contribution in [1.82, 2.24) is 0 Å². The first-order valence-corrected chi connectivity index (χ1v) is 13.1. The summed E-state index contributed by atoms with van der Waals surface area (Å²) >= 11 is 0. The van der Waals surface area contributed by atoms with Gasteiger partial charge in [-0.05, 0) is 0 Å². The quantitative estimate of drug-likeness (QED) is 0.0479. The maximum absolute atomic E-state index is 11.3. The molecule has 0 radical (unpaired) electrons. The van der Waals surface area contributed by atoms with Gasteiger partial charge in [-0.15, -0.1) is 6.42 Å². The minimum atomic E-state index is -1.56. The highest BCUT2D eigenvalue weighted by Gasteiger charge is 2.14. The van der Waals surface area contributed by atoms with E-state index in [-0.39, 0.29) is 26.1 Å². The van der Waals surface area contributed by atoms with E-state index in [1.54, 1.807) is 0 Å². The summed E-state index contributed by atoms with van der Waals surface area (Å²) in [5, 5.41) is 8.42. The van der Waals surface area contributed by atoms with E-state index in [0.29, 0.717) is 112 Å². The lowest BCUT2D eigenvalue weighted by Crippen LogP contribution is -2.17. The summed E-state index contributed by atoms with van der Waals surface area (Å²) in [4.78, 5) is 32.6. The Kier molecular flexibility index (Phi) is 29.6. The predicted octanol–water partition coefficient (Wildman–Crippen LogP) is -0.254. The molecular weight excluding hydrogens is 536 g/mol. The van der Waals surface area contributed by atoms with Crippen LogP contribution < -0.4 is 0 Å². The number of ketones is 1. The van der Waals surface area contributed by atoms with Gasteiger partial charge in [-0.25, -0.2) is 4.79 Å². The Morgan fingerprint density at radius 3 is 1.07 bits per heavy atom. The molecule has 14 heteroatoms. The summed E-state index contributed by atoms with van der Waals surface area (Å²) in [6, 6.07) is 0. The van der Waals surface area contributed by atoms with Gasteiger partial charge in [-0.1, -0.05) is 5.92 Å². The molecule has 0 unspecified atom stereocenters. The van der Waals surface area contributed by atoms with Crippen LogP contribution in [0.3, 0.4) is 0 Å². The van der Waals surface area contributed by atoms with Gasteiger partial charge in [0, 0.05) is 6.42 Å². The van der Waals surface area contributed by atoms with E-state index in [1.807, 2.05) is 0 Å². The molecule has 14 nitrogen and oxygen atoms in total. The molecule has 0 saturated heterocycles. The zero-order chi connectivity index (χ0) is 29.4. The summed E-state index contributed by atoms with van der Waals surface area (Å²) < 4.78 is 52.8. The molecule has 0 rings (SSSR count). The number of rotatable bonds is 32. The zero-order valence-corrected chi connectivity index (χ0v) is 23.2. The predicted molar refractivity (Wildman–Crippen MR) is 139 cm³/mol. The summed E-state index contributed by atoms with van der Waals surface area (Å²) in [5.74, 6) is -0.854. The first-order chi connectivity index (χ1) is 19.6. The van der Waals surface area contributed by atoms with Crippen LogP contribution in [0, 0.1) is 12.3 Å². The highest BCUT2D eigenvalue weighted by Crippen LogP contribution is 1.95. The molecule has 0 fully saturated rings. The van der Waals surface area contributed by atoms with Crippen molar-refractivity contribution in [3.05, 3.63) is 0 Å². The summed E-state index contributed by atoms with van der Waals surface area (Å²) in [6.45, 7) is 7.68. The maximum Gasteiger partial charge on any atom is 0.372 e. The number of carboxylic acids is 1. The molecule has 0 heterocycles. The van der Waals surface area contributed by atoms with Crippen molar-refractivity contribution in [3.8, 4) is 12.3 Å². The third-order valence-electron chi connectivity index (χ3n) is 4.45. The summed E-state index contributed by atoms with van der Waals surface area (Å²) in [6.07, 6.45) is 4.40. The van der Waals surface area contributed by atoms with Gasteiger partial charge in [0.05, 0.1) is 119 Å². The third kappa shape index (κ3) is 30.4. The zero-order valence-electron chi connectivity index (χ0n) is 23.2. The standard InChI is InChI=1S/C26H44O14/c1-2-5-31-6-7-32-8-9-33-10-11-34-12-13-35-14-15-36-16-17-37-18-19-38-20-21-39-22-23-40-25(28)4-3-24(27)26(29)30/h1H,3-23H2,(H,29,30). The number of Topliss-reactive ketones (excluding diaryl/α,β-unsaturated/α-hetero) is 1. The fourth-order valence-electron chi connectivity index (χ4n) is 2.50. The molecule has 0 amide bonds. The molecule has 232 valence electrons. The SMILES string of the molecule is C#CCOCCOCCOCCOCCOCCOCCOCCOCCOCCOC(=O)CCC(=O)C(=O)O. The van der Waals surface area contributed by atoms with Crippen LogP contribution >= 0.6 is 0 Å². The second-order valence-electron chi connectivity index (χ2n) is 7.60. The van der Waals surface area contributed by atoms with Crippen LogP contribution in [0.25, 0.3) is 0 Å². The monoisotopic (exact) mass is 580 g/mol. The van der Waals surface area contributed by atoms with Crippen molar-refractivity contribution < 1.29 is 66.9 Å². The topological polar surface area (TPSA) is 164 Å². The maximum atomic E-state index is 11.3. The molecule has 0 aliphatic carbocycles. The Morgan fingerprint density at radius 2 is 0.775 bits per heavy atom. The molecule has 0 saturated carbocycles. The lowest BCUT2D eigenvalue weighted by Gasteiger charge is -2.09. The van der Waals surface area contributed by atoms with E-state index in [1.165, 1.54) is 0 Å². The van der Waals surface area contributed by atoms with Crippen LogP contribution in [0.5, 0.6) is 0 Å². The van der Waals surface area contributed by atoms with Gasteiger partial charge in [0.25, 0.3) is 0 Å². The number of ether oxygens (including phenoxy) is 10. The molecule has 1 N–H and O–H groups in total. The van der Waals surface area contributed by atoms with Crippen molar-refractivity contribution in [3.63, 3.8) is 0 Å². The van der Waals surface area contributed by atoms with Crippen molar-refractivity contribution in [2.45, 2.75) is 12.8 Å². The Labute approximate surface area is 235 Å². The van der Waals surface area contributed by atoms with E-state index in [2.05, 4.69) is 5.92 Å². The minimum Gasteiger partial charge on any atom is -0.476 e. The fourth-order valence-corrected chi connectivity index (χ4v) is 2.50. The summed E-state index contributed by atoms with van der Waals surface area (Å²) in [5.41, 5.74) is 0. The van der Waals surface area contributed by atoms with Crippen LogP contribution in [-0.2, 0) is 61.8 Å². The average molecular weight is 581 g/mol. The van der Waals surface area contributed by atoms with E-state index >= 15 is 0 Å². The van der Waals surface area contributed by atoms with Gasteiger partial charge in [0.15, 0.2) is 0 Å². The van der Waals surface area contributed by atoms with Crippen LogP contribution in [-0.4, -0.2) is 148 Å². The number of esters is 1. The average Bonchev–Trinajstić information content (AvgIpc) is 2.95. The Bertz CT molecular complexity index is 652. The van der Waals surface area contributed by atoms with Gasteiger partial charge < -0.3 is 52.5 Å². The number of hydrogen-bond donors (Lipinski definition) is 1. The van der Waals surface area contributed by atoms with Crippen molar-refractivity contribution in [2.75, 3.05) is 126 Å². The Hall–Kier alpha value is -2.19. The third-order valence-corrected chi connectivity index (χ3v) is 4.45. The van der Waals surface area contributed by atoms with Crippen LogP contribution in [0.4, 0.5) is 0 Å². The highest BCUT2D eigenvalue weighted by molar-refractivity contribution is 6.32. The molecule has 0 atom stereocenters. The molecular formula is C26H44O14. The molecule has 40 heavy (non-hydrogen) atoms. The highest BCUT2D eigenvalue weighted by atomic mass is 16.6. The van der Waals surface area contributed by atoms with Gasteiger partial charge >= 0.3 is 11.9 Å². The normalized spacial score (nSPS) is 10.9. The molecule has 0 aromatic carbocycles. The van der Waals surface area contributed by atoms with Crippen LogP contribution in [0.1, 0.15) is 12.8 Å². The molecule has 0 aromatic rings. The van der Waals surface area contributed by atoms with Gasteiger partial charge in [0.1, 0.15) is 13.2 Å². The van der Waals surface area contributed by atoms with E-state index in [0.717, 1.165) is 0 Å². The number of carboxylic acid groups (broad SMARTS) is 1. The van der Waals surface area contributed by atoms with E-state index in [9.17, 15) is 14.4 Å². The molecule has 0 aliphatic rings. The summed E-state index contributed by atoms with van der Waals surface area (Å²) in [7, 11) is 0. The van der Waals surface area contributed by atoms with Crippen molar-refractivity contribution in [1.29, 1.82) is 0 Å². The largest absolute Gasteiger partial charge is 0.476 e. The number of terminal acetylenes is 1.